The number of hydrogen-bond acceptors (Lipinski definition) is 2. The van der Waals surface area contributed by atoms with Crippen molar-refractivity contribution in [3.63, 3.8) is 0 Å². The fourth-order valence-electron chi connectivity index (χ4n) is 2.62. The summed E-state index contributed by atoms with van der Waals surface area (Å²) in [6.07, 6.45) is 18.3. The number of rotatable bonds is 1. The molecule has 0 heterocycles. The SMILES string of the molecule is O=CC1CCCCCC/C=C/CCCCCCC1=O. The maximum Gasteiger partial charge on any atom is 0.143 e. The number of Topliss-reactive ketones (excluding diaryl/α,β-unsaturated/α-hetero) is 1. The Hall–Kier alpha value is -0.920. The summed E-state index contributed by atoms with van der Waals surface area (Å²) in [6.45, 7) is 0. The first-order chi connectivity index (χ1) is 9.34. The van der Waals surface area contributed by atoms with Crippen molar-refractivity contribution < 1.29 is 9.59 Å². The third-order valence-electron chi connectivity index (χ3n) is 3.92. The van der Waals surface area contributed by atoms with Crippen molar-refractivity contribution in [3.05, 3.63) is 12.2 Å². The zero-order valence-electron chi connectivity index (χ0n) is 12.1. The molecule has 1 aliphatic rings. The molecule has 1 aliphatic carbocycles. The summed E-state index contributed by atoms with van der Waals surface area (Å²) in [5.41, 5.74) is 0. The summed E-state index contributed by atoms with van der Waals surface area (Å²) in [6, 6.07) is 0. The van der Waals surface area contributed by atoms with Crippen LogP contribution in [0.2, 0.25) is 0 Å². The van der Waals surface area contributed by atoms with Gasteiger partial charge in [0.25, 0.3) is 0 Å². The Morgan fingerprint density at radius 3 is 2.05 bits per heavy atom. The smallest absolute Gasteiger partial charge is 0.143 e. The van der Waals surface area contributed by atoms with Crippen molar-refractivity contribution in [3.8, 4) is 0 Å². The highest BCUT2D eigenvalue weighted by Crippen LogP contribution is 2.15. The van der Waals surface area contributed by atoms with E-state index in [1.807, 2.05) is 0 Å². The lowest BCUT2D eigenvalue weighted by Crippen LogP contribution is -2.15. The Kier molecular flexibility index (Phi) is 9.30. The molecule has 0 aliphatic heterocycles. The van der Waals surface area contributed by atoms with Gasteiger partial charge in [0.15, 0.2) is 0 Å². The molecule has 2 heteroatoms. The van der Waals surface area contributed by atoms with Crippen molar-refractivity contribution in [2.45, 2.75) is 77.0 Å². The van der Waals surface area contributed by atoms with Crippen molar-refractivity contribution in [2.24, 2.45) is 5.92 Å². The summed E-state index contributed by atoms with van der Waals surface area (Å²) in [4.78, 5) is 22.9. The van der Waals surface area contributed by atoms with Gasteiger partial charge >= 0.3 is 0 Å². The maximum atomic E-state index is 11.9. The molecule has 0 amide bonds. The van der Waals surface area contributed by atoms with Gasteiger partial charge in [0, 0.05) is 6.42 Å². The Morgan fingerprint density at radius 2 is 1.42 bits per heavy atom. The van der Waals surface area contributed by atoms with Gasteiger partial charge in [-0.25, -0.2) is 0 Å². The summed E-state index contributed by atoms with van der Waals surface area (Å²) in [7, 11) is 0. The molecule has 0 radical (unpaired) electrons. The van der Waals surface area contributed by atoms with Crippen LogP contribution in [-0.4, -0.2) is 12.1 Å². The molecule has 2 nitrogen and oxygen atoms in total. The second kappa shape index (κ2) is 11.0. The van der Waals surface area contributed by atoms with Crippen LogP contribution < -0.4 is 0 Å². The van der Waals surface area contributed by atoms with Crippen LogP contribution in [0.25, 0.3) is 0 Å². The minimum Gasteiger partial charge on any atom is -0.303 e. The molecule has 108 valence electrons. The molecule has 0 aromatic rings. The molecule has 0 spiro atoms. The predicted molar refractivity (Wildman–Crippen MR) is 79.1 cm³/mol. The molecule has 0 aromatic heterocycles. The fourth-order valence-corrected chi connectivity index (χ4v) is 2.62. The third-order valence-corrected chi connectivity index (χ3v) is 3.92. The van der Waals surface area contributed by atoms with Gasteiger partial charge in [-0.05, 0) is 38.5 Å². The number of carbonyl (C=O) groups excluding carboxylic acids is 2. The van der Waals surface area contributed by atoms with Crippen LogP contribution in [0.4, 0.5) is 0 Å². The van der Waals surface area contributed by atoms with Crippen LogP contribution in [0, 0.1) is 5.92 Å². The summed E-state index contributed by atoms with van der Waals surface area (Å²) in [5, 5.41) is 0. The van der Waals surface area contributed by atoms with E-state index in [-0.39, 0.29) is 11.7 Å². The van der Waals surface area contributed by atoms with E-state index in [2.05, 4.69) is 12.2 Å². The standard InChI is InChI=1S/C17H28O2/c18-15-16-13-11-9-7-5-3-1-2-4-6-8-10-12-14-17(16)19/h1-2,15-16H,3-14H2/b2-1+. The normalized spacial score (nSPS) is 26.7. The lowest BCUT2D eigenvalue weighted by atomic mass is 9.94. The van der Waals surface area contributed by atoms with Gasteiger partial charge in [0.1, 0.15) is 12.1 Å². The average molecular weight is 264 g/mol. The van der Waals surface area contributed by atoms with E-state index < -0.39 is 0 Å². The average Bonchev–Trinajstić information content (AvgIpc) is 2.42. The molecule has 0 bridgehead atoms. The molecular weight excluding hydrogens is 236 g/mol. The molecule has 1 unspecified atom stereocenters. The lowest BCUT2D eigenvalue weighted by Gasteiger charge is -2.09. The molecule has 19 heavy (non-hydrogen) atoms. The van der Waals surface area contributed by atoms with E-state index in [4.69, 9.17) is 0 Å². The van der Waals surface area contributed by atoms with Crippen LogP contribution in [0.1, 0.15) is 77.0 Å². The summed E-state index contributed by atoms with van der Waals surface area (Å²) in [5.74, 6) is -0.158. The van der Waals surface area contributed by atoms with E-state index in [0.29, 0.717) is 6.42 Å². The maximum absolute atomic E-state index is 11.9. The summed E-state index contributed by atoms with van der Waals surface area (Å²) < 4.78 is 0. The van der Waals surface area contributed by atoms with E-state index >= 15 is 0 Å². The molecule has 0 saturated carbocycles. The third kappa shape index (κ3) is 7.97. The van der Waals surface area contributed by atoms with Crippen molar-refractivity contribution >= 4 is 12.1 Å². The molecule has 1 rings (SSSR count). The Bertz CT molecular complexity index is 281. The first-order valence-corrected chi connectivity index (χ1v) is 7.97. The van der Waals surface area contributed by atoms with Gasteiger partial charge in [0.05, 0.1) is 5.92 Å². The second-order valence-corrected chi connectivity index (χ2v) is 5.62. The fraction of sp³-hybridized carbons (Fsp3) is 0.765. The summed E-state index contributed by atoms with van der Waals surface area (Å²) >= 11 is 0. The van der Waals surface area contributed by atoms with Crippen LogP contribution in [0.3, 0.4) is 0 Å². The van der Waals surface area contributed by atoms with E-state index in [0.717, 1.165) is 38.4 Å². The quantitative estimate of drug-likeness (QED) is 0.393. The van der Waals surface area contributed by atoms with Gasteiger partial charge < -0.3 is 4.79 Å². The van der Waals surface area contributed by atoms with Crippen LogP contribution >= 0.6 is 0 Å². The zero-order valence-corrected chi connectivity index (χ0v) is 12.1. The van der Waals surface area contributed by atoms with E-state index in [1.54, 1.807) is 0 Å². The number of hydrogen-bond donors (Lipinski definition) is 0. The molecule has 0 N–H and O–H groups in total. The highest BCUT2D eigenvalue weighted by atomic mass is 16.1. The van der Waals surface area contributed by atoms with Crippen LogP contribution in [-0.2, 0) is 9.59 Å². The van der Waals surface area contributed by atoms with Crippen LogP contribution in [0.5, 0.6) is 0 Å². The largest absolute Gasteiger partial charge is 0.303 e. The van der Waals surface area contributed by atoms with E-state index in [1.165, 1.54) is 38.5 Å². The van der Waals surface area contributed by atoms with Crippen molar-refractivity contribution in [1.82, 2.24) is 0 Å². The lowest BCUT2D eigenvalue weighted by molar-refractivity contribution is -0.127. The van der Waals surface area contributed by atoms with Gasteiger partial charge in [0.2, 0.25) is 0 Å². The highest BCUT2D eigenvalue weighted by Gasteiger charge is 2.16. The second-order valence-electron chi connectivity index (χ2n) is 5.62. The highest BCUT2D eigenvalue weighted by molar-refractivity contribution is 5.93. The number of aldehydes is 1. The van der Waals surface area contributed by atoms with Crippen LogP contribution in [0.15, 0.2) is 12.2 Å². The van der Waals surface area contributed by atoms with Gasteiger partial charge in [-0.3, -0.25) is 4.79 Å². The predicted octanol–water partition coefficient (Wildman–Crippen LogP) is 4.62. The number of allylic oxidation sites excluding steroid dienone is 2. The number of ketones is 1. The van der Waals surface area contributed by atoms with E-state index in [9.17, 15) is 9.59 Å². The van der Waals surface area contributed by atoms with Gasteiger partial charge in [-0.1, -0.05) is 44.3 Å². The molecule has 0 saturated heterocycles. The first kappa shape index (κ1) is 16.1. The Morgan fingerprint density at radius 1 is 0.842 bits per heavy atom. The molecular formula is C17H28O2. The minimum absolute atomic E-state index is 0.169. The molecule has 0 aromatic carbocycles. The zero-order chi connectivity index (χ0) is 13.8. The Balaban J connectivity index is 2.36. The number of carbonyl (C=O) groups is 2. The monoisotopic (exact) mass is 264 g/mol. The molecule has 0 fully saturated rings. The topological polar surface area (TPSA) is 34.1 Å². The van der Waals surface area contributed by atoms with Crippen molar-refractivity contribution in [2.75, 3.05) is 0 Å². The van der Waals surface area contributed by atoms with Crippen molar-refractivity contribution in [1.29, 1.82) is 0 Å². The first-order valence-electron chi connectivity index (χ1n) is 7.97. The van der Waals surface area contributed by atoms with Gasteiger partial charge in [-0.2, -0.15) is 0 Å². The Labute approximate surface area is 117 Å². The van der Waals surface area contributed by atoms with Gasteiger partial charge in [-0.15, -0.1) is 0 Å². The molecule has 1 atom stereocenters. The minimum atomic E-state index is -0.326.